The monoisotopic (exact) mass is 252 g/mol. The second-order valence-electron chi connectivity index (χ2n) is 0.177. The maximum Gasteiger partial charge on any atom is 4.00 e. The van der Waals surface area contributed by atoms with Gasteiger partial charge in [-0.05, 0) is 0 Å². The number of hydrogen-bond acceptors (Lipinski definition) is 3. The Morgan fingerprint density at radius 1 is 1.00 bits per heavy atom. The Bertz CT molecular complexity index is 74.3. The van der Waals surface area contributed by atoms with E-state index in [4.69, 9.17) is 10.7 Å². The van der Waals surface area contributed by atoms with Crippen molar-refractivity contribution in [3.8, 4) is 0 Å². The molecule has 0 radical (unpaired) electrons. The molecule has 0 unspecified atom stereocenters. The van der Waals surface area contributed by atoms with Crippen LogP contribution in [0.25, 0.3) is 0 Å². The van der Waals surface area contributed by atoms with E-state index in [1.807, 2.05) is 0 Å². The minimum Gasteiger partial charge on any atom is 4.00 e. The summed E-state index contributed by atoms with van der Waals surface area (Å²) in [7, 11) is 0. The molecule has 0 aliphatic rings. The van der Waals surface area contributed by atoms with Gasteiger partial charge in [0, 0.05) is 0 Å². The van der Waals surface area contributed by atoms with E-state index in [9.17, 15) is 0 Å². The van der Waals surface area contributed by atoms with Crippen molar-refractivity contribution >= 4 is 0 Å². The second kappa shape index (κ2) is 4.65. The molecule has 0 atom stereocenters. The molecule has 3 nitrogen and oxygen atoms in total. The van der Waals surface area contributed by atoms with Crippen LogP contribution < -0.4 is 0 Å². The average molecular weight is 250 g/mol. The molecule has 0 fully saturated rings. The molecular formula is O3Ru2+4. The van der Waals surface area contributed by atoms with Crippen LogP contribution in [0.3, 0.4) is 0 Å². The number of rotatable bonds is 0. The smallest absolute Gasteiger partial charge is 4.00 e. The molecule has 0 aromatic carbocycles. The van der Waals surface area contributed by atoms with Crippen molar-refractivity contribution in [2.24, 2.45) is 0 Å². The molecule has 0 aromatic rings. The summed E-state index contributed by atoms with van der Waals surface area (Å²) in [4.78, 5) is 0. The molecule has 0 amide bonds. The van der Waals surface area contributed by atoms with E-state index in [2.05, 4.69) is 0 Å². The Hall–Kier alpha value is 0.647. The molecule has 0 N–H and O–H groups in total. The van der Waals surface area contributed by atoms with Gasteiger partial charge in [-0.1, -0.05) is 0 Å². The normalized spacial score (nSPS) is 6.60. The van der Waals surface area contributed by atoms with Crippen molar-refractivity contribution in [3.05, 3.63) is 0 Å². The van der Waals surface area contributed by atoms with Gasteiger partial charge in [-0.2, -0.15) is 0 Å². The average Bonchev–Trinajstić information content (AvgIpc) is 0.811. The summed E-state index contributed by atoms with van der Waals surface area (Å²) >= 11 is -3.92. The zero-order valence-electron chi connectivity index (χ0n) is 1.93. The van der Waals surface area contributed by atoms with E-state index in [0.29, 0.717) is 0 Å². The van der Waals surface area contributed by atoms with Crippen molar-refractivity contribution in [3.63, 3.8) is 0 Å². The molecular weight excluding hydrogens is 250 g/mol. The SMILES string of the molecule is [O]=[Ru](=[O])=[O].[Ru+4]. The molecule has 5 heteroatoms. The second-order valence-corrected chi connectivity index (χ2v) is 1.05. The van der Waals surface area contributed by atoms with Gasteiger partial charge in [-0.3, -0.25) is 0 Å². The predicted octanol–water partition coefficient (Wildman–Crippen LogP) is -0.361. The van der Waals surface area contributed by atoms with E-state index in [-0.39, 0.29) is 19.5 Å². The third kappa shape index (κ3) is 77.8. The molecule has 0 rings (SSSR count). The molecule has 5 heavy (non-hydrogen) atoms. The standard InChI is InChI=1S/3O.2Ru/q;;;;+4. The molecule has 0 aliphatic carbocycles. The van der Waals surface area contributed by atoms with Crippen LogP contribution in [-0.2, 0) is 46.0 Å². The van der Waals surface area contributed by atoms with Gasteiger partial charge in [0.1, 0.15) is 0 Å². The Morgan fingerprint density at radius 2 is 1.00 bits per heavy atom. The van der Waals surface area contributed by atoms with Crippen molar-refractivity contribution in [2.75, 3.05) is 0 Å². The van der Waals surface area contributed by atoms with Crippen molar-refractivity contribution in [2.45, 2.75) is 0 Å². The predicted molar refractivity (Wildman–Crippen MR) is 2.06 cm³/mol. The summed E-state index contributed by atoms with van der Waals surface area (Å²) in [5.74, 6) is 0. The van der Waals surface area contributed by atoms with Crippen molar-refractivity contribution in [1.82, 2.24) is 0 Å². The topological polar surface area (TPSA) is 51.2 Å². The van der Waals surface area contributed by atoms with Crippen LogP contribution in [-0.4, -0.2) is 0 Å². The molecule has 0 spiro atoms. The van der Waals surface area contributed by atoms with Gasteiger partial charge in [0.05, 0.1) is 0 Å². The molecule has 30 valence electrons. The zero-order chi connectivity index (χ0) is 3.58. The Morgan fingerprint density at radius 3 is 1.00 bits per heavy atom. The van der Waals surface area contributed by atoms with E-state index in [0.717, 1.165) is 0 Å². The summed E-state index contributed by atoms with van der Waals surface area (Å²) in [5, 5.41) is 0. The summed E-state index contributed by atoms with van der Waals surface area (Å²) in [6.07, 6.45) is 0. The zero-order valence-corrected chi connectivity index (χ0v) is 5.41. The quantitative estimate of drug-likeness (QED) is 0.552. The van der Waals surface area contributed by atoms with Crippen LogP contribution in [0.1, 0.15) is 0 Å². The minimum atomic E-state index is -3.92. The first kappa shape index (κ1) is 9.17. The Balaban J connectivity index is 0. The van der Waals surface area contributed by atoms with Crippen LogP contribution in [0.2, 0.25) is 0 Å². The van der Waals surface area contributed by atoms with Crippen LogP contribution in [0.4, 0.5) is 0 Å². The molecule has 0 bridgehead atoms. The summed E-state index contributed by atoms with van der Waals surface area (Å²) in [6, 6.07) is 0. The maximum absolute atomic E-state index is 8.56. The van der Waals surface area contributed by atoms with Crippen molar-refractivity contribution in [1.29, 1.82) is 0 Å². The fraction of sp³-hybridized carbons (Fsp3) is 0. The largest absolute Gasteiger partial charge is 4.00 e. The van der Waals surface area contributed by atoms with E-state index >= 15 is 0 Å². The Kier molecular flexibility index (Phi) is 8.52. The molecule has 0 saturated carbocycles. The van der Waals surface area contributed by atoms with E-state index < -0.39 is 15.8 Å². The first-order valence-electron chi connectivity index (χ1n) is 0.433. The van der Waals surface area contributed by atoms with Crippen molar-refractivity contribution < 1.29 is 46.0 Å². The summed E-state index contributed by atoms with van der Waals surface area (Å²) in [5.41, 5.74) is 0. The van der Waals surface area contributed by atoms with Crippen LogP contribution in [0.5, 0.6) is 0 Å². The third-order valence-corrected chi connectivity index (χ3v) is 0. The number of hydrogen-bond donors (Lipinski definition) is 0. The van der Waals surface area contributed by atoms with Gasteiger partial charge < -0.3 is 0 Å². The maximum atomic E-state index is 8.56. The first-order chi connectivity index (χ1) is 1.73. The first-order valence-corrected chi connectivity index (χ1v) is 2.56. The summed E-state index contributed by atoms with van der Waals surface area (Å²) in [6.45, 7) is 0. The fourth-order valence-electron chi connectivity index (χ4n) is 0. The van der Waals surface area contributed by atoms with Crippen LogP contribution in [0.15, 0.2) is 0 Å². The van der Waals surface area contributed by atoms with Gasteiger partial charge in [0.25, 0.3) is 0 Å². The van der Waals surface area contributed by atoms with E-state index in [1.54, 1.807) is 0 Å². The van der Waals surface area contributed by atoms with Crippen LogP contribution in [0, 0.1) is 0 Å². The summed E-state index contributed by atoms with van der Waals surface area (Å²) < 4.78 is 25.7. The minimum absolute atomic E-state index is 0. The molecule has 0 aromatic heterocycles. The Labute approximate surface area is 46.2 Å². The van der Waals surface area contributed by atoms with E-state index in [1.165, 1.54) is 0 Å². The third-order valence-electron chi connectivity index (χ3n) is 0. The van der Waals surface area contributed by atoms with Crippen LogP contribution >= 0.6 is 0 Å². The van der Waals surface area contributed by atoms with Gasteiger partial charge in [0.15, 0.2) is 0 Å². The molecule has 0 aliphatic heterocycles. The van der Waals surface area contributed by atoms with Gasteiger partial charge in [0.2, 0.25) is 0 Å². The van der Waals surface area contributed by atoms with Gasteiger partial charge in [-0.25, -0.2) is 0 Å². The molecule has 0 saturated heterocycles. The van der Waals surface area contributed by atoms with Gasteiger partial charge in [-0.15, -0.1) is 0 Å². The fourth-order valence-corrected chi connectivity index (χ4v) is 0. The molecule has 0 heterocycles. The van der Waals surface area contributed by atoms with Gasteiger partial charge >= 0.3 is 46.0 Å².